The molecule has 1 saturated heterocycles. The maximum Gasteiger partial charge on any atom is 0.251 e. The van der Waals surface area contributed by atoms with Gasteiger partial charge >= 0.3 is 0 Å². The van der Waals surface area contributed by atoms with E-state index in [1.807, 2.05) is 12.1 Å². The molecule has 6 heteroatoms. The monoisotopic (exact) mass is 351 g/mol. The van der Waals surface area contributed by atoms with E-state index >= 15 is 0 Å². The van der Waals surface area contributed by atoms with Crippen LogP contribution < -0.4 is 5.56 Å². The number of benzene rings is 1. The molecular formula is C20H21N3O3. The van der Waals surface area contributed by atoms with Crippen molar-refractivity contribution in [3.05, 3.63) is 64.8 Å². The molecule has 26 heavy (non-hydrogen) atoms. The second kappa shape index (κ2) is 7.68. The molecule has 6 nitrogen and oxygen atoms in total. The molecule has 1 fully saturated rings. The normalized spacial score (nSPS) is 15.7. The lowest BCUT2D eigenvalue weighted by Crippen LogP contribution is -2.25. The number of rotatable bonds is 4. The third-order valence-electron chi connectivity index (χ3n) is 4.48. The molecule has 3 heterocycles. The summed E-state index contributed by atoms with van der Waals surface area (Å²) in [6.07, 6.45) is 4.22. The summed E-state index contributed by atoms with van der Waals surface area (Å²) in [5, 5.41) is 0. The van der Waals surface area contributed by atoms with E-state index in [2.05, 4.69) is 27.0 Å². The lowest BCUT2D eigenvalue weighted by molar-refractivity contribution is 0.140. The zero-order valence-corrected chi connectivity index (χ0v) is 14.5. The van der Waals surface area contributed by atoms with Crippen LogP contribution in [0.5, 0.6) is 0 Å². The predicted molar refractivity (Wildman–Crippen MR) is 98.7 cm³/mol. The van der Waals surface area contributed by atoms with Crippen molar-refractivity contribution >= 4 is 0 Å². The maximum atomic E-state index is 12.1. The SMILES string of the molecule is O=c1cc(-c2ccoc2)nc(-c2cccc(CN3CCCOCC3)c2)[nH]1. The Morgan fingerprint density at radius 1 is 1.12 bits per heavy atom. The van der Waals surface area contributed by atoms with Gasteiger partial charge in [0, 0.05) is 43.4 Å². The van der Waals surface area contributed by atoms with Crippen LogP contribution in [0.2, 0.25) is 0 Å². The van der Waals surface area contributed by atoms with Gasteiger partial charge in [-0.05, 0) is 24.1 Å². The Kier molecular flexibility index (Phi) is 4.95. The highest BCUT2D eigenvalue weighted by Gasteiger charge is 2.11. The van der Waals surface area contributed by atoms with Gasteiger partial charge in [-0.15, -0.1) is 0 Å². The first-order chi connectivity index (χ1) is 12.8. The molecule has 0 radical (unpaired) electrons. The number of nitrogens with one attached hydrogen (secondary N) is 1. The van der Waals surface area contributed by atoms with E-state index < -0.39 is 0 Å². The van der Waals surface area contributed by atoms with Crippen LogP contribution in [-0.4, -0.2) is 41.2 Å². The van der Waals surface area contributed by atoms with Crippen molar-refractivity contribution in [1.82, 2.24) is 14.9 Å². The molecular weight excluding hydrogens is 330 g/mol. The van der Waals surface area contributed by atoms with Gasteiger partial charge in [0.15, 0.2) is 0 Å². The number of hydrogen-bond donors (Lipinski definition) is 1. The number of aromatic nitrogens is 2. The van der Waals surface area contributed by atoms with E-state index in [9.17, 15) is 4.79 Å². The molecule has 0 spiro atoms. The van der Waals surface area contributed by atoms with E-state index in [1.165, 1.54) is 11.6 Å². The first kappa shape index (κ1) is 16.8. The van der Waals surface area contributed by atoms with Crippen molar-refractivity contribution in [3.63, 3.8) is 0 Å². The van der Waals surface area contributed by atoms with Crippen molar-refractivity contribution in [1.29, 1.82) is 0 Å². The molecule has 1 aliphatic heterocycles. The number of furan rings is 1. The van der Waals surface area contributed by atoms with E-state index in [1.54, 1.807) is 18.6 Å². The van der Waals surface area contributed by atoms with Gasteiger partial charge < -0.3 is 14.1 Å². The molecule has 134 valence electrons. The van der Waals surface area contributed by atoms with Crippen LogP contribution in [0.1, 0.15) is 12.0 Å². The topological polar surface area (TPSA) is 71.4 Å². The smallest absolute Gasteiger partial charge is 0.251 e. The van der Waals surface area contributed by atoms with Crippen molar-refractivity contribution in [2.75, 3.05) is 26.3 Å². The van der Waals surface area contributed by atoms with E-state index in [-0.39, 0.29) is 5.56 Å². The van der Waals surface area contributed by atoms with Gasteiger partial charge in [-0.25, -0.2) is 4.98 Å². The fourth-order valence-corrected chi connectivity index (χ4v) is 3.18. The summed E-state index contributed by atoms with van der Waals surface area (Å²) in [7, 11) is 0. The minimum atomic E-state index is -0.179. The Balaban J connectivity index is 1.61. The highest BCUT2D eigenvalue weighted by molar-refractivity contribution is 5.62. The molecule has 1 aliphatic rings. The summed E-state index contributed by atoms with van der Waals surface area (Å²) in [6.45, 7) is 4.46. The predicted octanol–water partition coefficient (Wildman–Crippen LogP) is 2.92. The average molecular weight is 351 g/mol. The Hall–Kier alpha value is -2.70. The summed E-state index contributed by atoms with van der Waals surface area (Å²) in [5.74, 6) is 0.565. The van der Waals surface area contributed by atoms with E-state index in [0.717, 1.165) is 50.4 Å². The first-order valence-electron chi connectivity index (χ1n) is 8.81. The number of nitrogens with zero attached hydrogens (tertiary/aromatic N) is 2. The summed E-state index contributed by atoms with van der Waals surface area (Å²) in [6, 6.07) is 11.4. The Morgan fingerprint density at radius 3 is 2.96 bits per heavy atom. The third-order valence-corrected chi connectivity index (χ3v) is 4.48. The van der Waals surface area contributed by atoms with Crippen molar-refractivity contribution in [3.8, 4) is 22.6 Å². The van der Waals surface area contributed by atoms with Gasteiger partial charge in [0.2, 0.25) is 0 Å². The second-order valence-corrected chi connectivity index (χ2v) is 6.43. The van der Waals surface area contributed by atoms with Crippen LogP contribution in [0.4, 0.5) is 0 Å². The van der Waals surface area contributed by atoms with Gasteiger partial charge in [0.1, 0.15) is 5.82 Å². The maximum absolute atomic E-state index is 12.1. The van der Waals surface area contributed by atoms with Gasteiger partial charge in [0.05, 0.1) is 24.8 Å². The van der Waals surface area contributed by atoms with Crippen LogP contribution in [0.25, 0.3) is 22.6 Å². The zero-order valence-electron chi connectivity index (χ0n) is 14.5. The van der Waals surface area contributed by atoms with Gasteiger partial charge in [0.25, 0.3) is 5.56 Å². The molecule has 0 aliphatic carbocycles. The number of H-pyrrole nitrogens is 1. The van der Waals surface area contributed by atoms with Gasteiger partial charge in [-0.3, -0.25) is 9.69 Å². The first-order valence-corrected chi connectivity index (χ1v) is 8.81. The third kappa shape index (κ3) is 3.92. The van der Waals surface area contributed by atoms with Gasteiger partial charge in [-0.2, -0.15) is 0 Å². The van der Waals surface area contributed by atoms with E-state index in [4.69, 9.17) is 9.15 Å². The Labute approximate surface area is 151 Å². The van der Waals surface area contributed by atoms with Gasteiger partial charge in [-0.1, -0.05) is 18.2 Å². The van der Waals surface area contributed by atoms with Crippen molar-refractivity contribution in [2.24, 2.45) is 0 Å². The molecule has 0 saturated carbocycles. The van der Waals surface area contributed by atoms with Crippen molar-refractivity contribution in [2.45, 2.75) is 13.0 Å². The molecule has 4 rings (SSSR count). The van der Waals surface area contributed by atoms with E-state index in [0.29, 0.717) is 11.5 Å². The fraction of sp³-hybridized carbons (Fsp3) is 0.300. The summed E-state index contributed by atoms with van der Waals surface area (Å²) < 4.78 is 10.6. The summed E-state index contributed by atoms with van der Waals surface area (Å²) in [4.78, 5) is 21.9. The molecule has 0 amide bonds. The Morgan fingerprint density at radius 2 is 2.08 bits per heavy atom. The number of ether oxygens (including phenoxy) is 1. The highest BCUT2D eigenvalue weighted by Crippen LogP contribution is 2.21. The quantitative estimate of drug-likeness (QED) is 0.782. The van der Waals surface area contributed by atoms with Crippen LogP contribution in [0.3, 0.4) is 0 Å². The molecule has 3 aromatic rings. The molecule has 1 aromatic carbocycles. The molecule has 2 aromatic heterocycles. The van der Waals surface area contributed by atoms with Crippen LogP contribution in [0.15, 0.2) is 58.1 Å². The molecule has 0 atom stereocenters. The molecule has 1 N–H and O–H groups in total. The standard InChI is InChI=1S/C20H21N3O3/c24-19-12-18(17-5-9-26-14-17)21-20(22-19)16-4-1-3-15(11-16)13-23-6-2-8-25-10-7-23/h1,3-5,9,11-12,14H,2,6-8,10,13H2,(H,21,22,24). The summed E-state index contributed by atoms with van der Waals surface area (Å²) >= 11 is 0. The lowest BCUT2D eigenvalue weighted by atomic mass is 10.1. The van der Waals surface area contributed by atoms with Crippen LogP contribution in [-0.2, 0) is 11.3 Å². The largest absolute Gasteiger partial charge is 0.472 e. The fourth-order valence-electron chi connectivity index (χ4n) is 3.18. The number of aromatic amines is 1. The minimum Gasteiger partial charge on any atom is -0.472 e. The molecule has 0 unspecified atom stereocenters. The molecule has 0 bridgehead atoms. The Bertz CT molecular complexity index is 910. The second-order valence-electron chi connectivity index (χ2n) is 6.43. The summed E-state index contributed by atoms with van der Waals surface area (Å²) in [5.41, 5.74) is 3.31. The van der Waals surface area contributed by atoms with Crippen molar-refractivity contribution < 1.29 is 9.15 Å². The average Bonchev–Trinajstić information content (AvgIpc) is 3.07. The highest BCUT2D eigenvalue weighted by atomic mass is 16.5. The lowest BCUT2D eigenvalue weighted by Gasteiger charge is -2.19. The van der Waals surface area contributed by atoms with Crippen LogP contribution >= 0.6 is 0 Å². The number of hydrogen-bond acceptors (Lipinski definition) is 5. The minimum absolute atomic E-state index is 0.179. The zero-order chi connectivity index (χ0) is 17.8. The van der Waals surface area contributed by atoms with Crippen LogP contribution in [0, 0.1) is 0 Å².